The largest absolute Gasteiger partial charge is 0.508 e. The number of nitrogens with one attached hydrogen (secondary N) is 4. The zero-order valence-corrected chi connectivity index (χ0v) is 26.4. The lowest BCUT2D eigenvalue weighted by Gasteiger charge is -2.23. The summed E-state index contributed by atoms with van der Waals surface area (Å²) in [6, 6.07) is 11.0. The predicted octanol–water partition coefficient (Wildman–Crippen LogP) is 0.859. The minimum absolute atomic E-state index is 0.0126. The fourth-order valence-corrected chi connectivity index (χ4v) is 3.95. The number of carbonyl (C=O) groups excluding carboxylic acids is 4. The minimum Gasteiger partial charge on any atom is -0.508 e. The minimum atomic E-state index is -5.08. The summed E-state index contributed by atoms with van der Waals surface area (Å²) in [6.07, 6.45) is -4.58. The maximum absolute atomic E-state index is 13.0. The third-order valence-electron chi connectivity index (χ3n) is 6.40. The topological polar surface area (TPSA) is 237 Å². The molecule has 0 saturated carbocycles. The average molecular weight is 684 g/mol. The van der Waals surface area contributed by atoms with Gasteiger partial charge in [-0.2, -0.15) is 13.2 Å². The first kappa shape index (κ1) is 40.8. The lowest BCUT2D eigenvalue weighted by Crippen LogP contribution is -2.55. The number of phenols is 1. The fourth-order valence-electron chi connectivity index (χ4n) is 3.95. The summed E-state index contributed by atoms with van der Waals surface area (Å²) in [7, 11) is 0. The maximum Gasteiger partial charge on any atom is 0.490 e. The van der Waals surface area contributed by atoms with Gasteiger partial charge in [-0.05, 0) is 48.9 Å². The van der Waals surface area contributed by atoms with Crippen LogP contribution in [0.15, 0.2) is 54.6 Å². The molecule has 0 aliphatic carbocycles. The normalized spacial score (nSPS) is 13.4. The third-order valence-corrected chi connectivity index (χ3v) is 6.40. The van der Waals surface area contributed by atoms with Crippen LogP contribution in [0.5, 0.6) is 5.75 Å². The van der Waals surface area contributed by atoms with Gasteiger partial charge >= 0.3 is 18.1 Å². The monoisotopic (exact) mass is 683 g/mol. The molecule has 0 saturated heterocycles. The van der Waals surface area contributed by atoms with Gasteiger partial charge in [0.05, 0.1) is 12.6 Å². The van der Waals surface area contributed by atoms with E-state index < -0.39 is 72.5 Å². The number of halogens is 3. The molecule has 4 amide bonds. The fraction of sp³-hybridized carbons (Fsp3) is 0.419. The number of nitrogens with two attached hydrogens (primary N) is 1. The summed E-state index contributed by atoms with van der Waals surface area (Å²) >= 11 is 0. The first-order valence-electron chi connectivity index (χ1n) is 14.6. The number of aliphatic carboxylic acids is 2. The third kappa shape index (κ3) is 15.9. The molecule has 0 radical (unpaired) electrons. The highest BCUT2D eigenvalue weighted by Gasteiger charge is 2.38. The molecule has 0 heterocycles. The number of amides is 4. The van der Waals surface area contributed by atoms with Gasteiger partial charge in [-0.25, -0.2) is 9.59 Å². The molecule has 0 aliphatic heterocycles. The lowest BCUT2D eigenvalue weighted by molar-refractivity contribution is -0.192. The van der Waals surface area contributed by atoms with Gasteiger partial charge in [-0.3, -0.25) is 19.2 Å². The second-order valence-corrected chi connectivity index (χ2v) is 11.1. The Morgan fingerprint density at radius 2 is 1.29 bits per heavy atom. The van der Waals surface area contributed by atoms with Crippen molar-refractivity contribution in [3.8, 4) is 5.75 Å². The van der Waals surface area contributed by atoms with E-state index in [1.165, 1.54) is 19.1 Å². The second kappa shape index (κ2) is 19.5. The molecule has 2 rings (SSSR count). The summed E-state index contributed by atoms with van der Waals surface area (Å²) in [5.41, 5.74) is 7.41. The van der Waals surface area contributed by atoms with E-state index in [1.807, 2.05) is 13.8 Å². The van der Waals surface area contributed by atoms with Crippen LogP contribution in [-0.4, -0.2) is 87.8 Å². The van der Waals surface area contributed by atoms with Gasteiger partial charge in [0.2, 0.25) is 23.6 Å². The molecular weight excluding hydrogens is 643 g/mol. The molecule has 17 heteroatoms. The Bertz CT molecular complexity index is 1390. The molecule has 48 heavy (non-hydrogen) atoms. The van der Waals surface area contributed by atoms with Crippen molar-refractivity contribution in [2.24, 2.45) is 11.7 Å². The predicted molar refractivity (Wildman–Crippen MR) is 165 cm³/mol. The van der Waals surface area contributed by atoms with Crippen LogP contribution >= 0.6 is 0 Å². The van der Waals surface area contributed by atoms with Crippen molar-refractivity contribution in [1.82, 2.24) is 21.3 Å². The summed E-state index contributed by atoms with van der Waals surface area (Å²) < 4.78 is 31.7. The number of alkyl halides is 3. The van der Waals surface area contributed by atoms with Crippen LogP contribution < -0.4 is 27.0 Å². The molecule has 0 aromatic heterocycles. The highest BCUT2D eigenvalue weighted by atomic mass is 19.4. The summed E-state index contributed by atoms with van der Waals surface area (Å²) in [5.74, 6) is -6.38. The van der Waals surface area contributed by atoms with E-state index in [9.17, 15) is 47.4 Å². The number of phenolic OH excluding ortho intramolecular Hbond substituents is 1. The molecule has 0 spiro atoms. The van der Waals surface area contributed by atoms with Crippen molar-refractivity contribution in [3.05, 3.63) is 65.7 Å². The summed E-state index contributed by atoms with van der Waals surface area (Å²) in [5, 5.41) is 36.0. The Morgan fingerprint density at radius 3 is 1.79 bits per heavy atom. The van der Waals surface area contributed by atoms with Crippen molar-refractivity contribution < 1.29 is 57.3 Å². The van der Waals surface area contributed by atoms with Crippen molar-refractivity contribution in [2.45, 2.75) is 70.4 Å². The standard InChI is InChI=1S/C29H39N5O7.C2HF3O2/c1-17(2)13-24(29(40)41)34-28(39)23(15-19-7-5-4-6-8-19)33-25(36)16-31-26(37)18(3)32-27(38)22(30)14-20-9-11-21(35)12-10-20;3-2(4,5)1(6)7/h4-12,17-18,22-24,35H,13-16,30H2,1-3H3,(H,31,37)(H,32,38)(H,33,36)(H,34,39)(H,40,41);(H,6,7)/t18-,22+,23+,24-;/m1./s1. The van der Waals surface area contributed by atoms with Crippen molar-refractivity contribution in [1.29, 1.82) is 0 Å². The van der Waals surface area contributed by atoms with E-state index in [0.29, 0.717) is 0 Å². The Kier molecular flexibility index (Phi) is 16.6. The van der Waals surface area contributed by atoms with E-state index in [0.717, 1.165) is 11.1 Å². The molecule has 0 unspecified atom stereocenters. The number of benzene rings is 2. The van der Waals surface area contributed by atoms with Gasteiger partial charge in [0, 0.05) is 6.42 Å². The Balaban J connectivity index is 0.00000148. The zero-order valence-electron chi connectivity index (χ0n) is 26.4. The van der Waals surface area contributed by atoms with Crippen LogP contribution in [0.3, 0.4) is 0 Å². The highest BCUT2D eigenvalue weighted by Crippen LogP contribution is 2.13. The number of carboxylic acid groups (broad SMARTS) is 2. The Labute approximate surface area is 274 Å². The SMILES string of the molecule is CC(C)C[C@@H](NC(=O)[C@H](Cc1ccccc1)NC(=O)CNC(=O)[C@@H](C)NC(=O)[C@@H](N)Cc1ccc(O)cc1)C(=O)O.O=C(O)C(F)(F)F. The molecule has 2 aromatic rings. The molecule has 9 N–H and O–H groups in total. The summed E-state index contributed by atoms with van der Waals surface area (Å²) in [4.78, 5) is 71.2. The van der Waals surface area contributed by atoms with E-state index in [2.05, 4.69) is 21.3 Å². The highest BCUT2D eigenvalue weighted by molar-refractivity contribution is 5.94. The molecule has 0 fully saturated rings. The van der Waals surface area contributed by atoms with Gasteiger partial charge in [0.25, 0.3) is 0 Å². The number of carboxylic acids is 2. The van der Waals surface area contributed by atoms with Crippen LogP contribution in [-0.2, 0) is 41.6 Å². The second-order valence-electron chi connectivity index (χ2n) is 11.1. The zero-order chi connectivity index (χ0) is 36.6. The Hall–Kier alpha value is -5.19. The number of rotatable bonds is 15. The first-order chi connectivity index (χ1) is 22.3. The molecule has 0 aliphatic rings. The summed E-state index contributed by atoms with van der Waals surface area (Å²) in [6.45, 7) is 4.62. The van der Waals surface area contributed by atoms with Crippen LogP contribution in [0.25, 0.3) is 0 Å². The molecule has 14 nitrogen and oxygen atoms in total. The van der Waals surface area contributed by atoms with Gasteiger partial charge in [-0.1, -0.05) is 56.3 Å². The molecular formula is C31H40F3N5O9. The van der Waals surface area contributed by atoms with Crippen LogP contribution in [0.1, 0.15) is 38.3 Å². The van der Waals surface area contributed by atoms with Gasteiger partial charge < -0.3 is 42.3 Å². The van der Waals surface area contributed by atoms with E-state index >= 15 is 0 Å². The van der Waals surface area contributed by atoms with Gasteiger partial charge in [0.15, 0.2) is 0 Å². The Morgan fingerprint density at radius 1 is 0.750 bits per heavy atom. The van der Waals surface area contributed by atoms with Crippen LogP contribution in [0.2, 0.25) is 0 Å². The molecule has 4 atom stereocenters. The van der Waals surface area contributed by atoms with Gasteiger partial charge in [0.1, 0.15) is 23.9 Å². The van der Waals surface area contributed by atoms with Gasteiger partial charge in [-0.15, -0.1) is 0 Å². The lowest BCUT2D eigenvalue weighted by atomic mass is 10.0. The first-order valence-corrected chi connectivity index (χ1v) is 14.6. The smallest absolute Gasteiger partial charge is 0.490 e. The van der Waals surface area contributed by atoms with Crippen LogP contribution in [0, 0.1) is 5.92 Å². The quantitative estimate of drug-likeness (QED) is 0.132. The molecule has 2 aromatic carbocycles. The number of carbonyl (C=O) groups is 6. The van der Waals surface area contributed by atoms with E-state index in [-0.39, 0.29) is 30.9 Å². The molecule has 0 bridgehead atoms. The van der Waals surface area contributed by atoms with Crippen LogP contribution in [0.4, 0.5) is 13.2 Å². The van der Waals surface area contributed by atoms with E-state index in [1.54, 1.807) is 42.5 Å². The van der Waals surface area contributed by atoms with Crippen molar-refractivity contribution in [3.63, 3.8) is 0 Å². The van der Waals surface area contributed by atoms with E-state index in [4.69, 9.17) is 15.6 Å². The maximum atomic E-state index is 13.0. The number of hydrogen-bond acceptors (Lipinski definition) is 8. The van der Waals surface area contributed by atoms with Crippen molar-refractivity contribution >= 4 is 35.6 Å². The molecule has 264 valence electrons. The average Bonchev–Trinajstić information content (AvgIpc) is 3.00. The van der Waals surface area contributed by atoms with Crippen molar-refractivity contribution in [2.75, 3.05) is 6.54 Å². The number of hydrogen-bond donors (Lipinski definition) is 8. The number of aromatic hydroxyl groups is 1.